The summed E-state index contributed by atoms with van der Waals surface area (Å²) in [5.41, 5.74) is -1.39. The average molecular weight is 261 g/mol. The Labute approximate surface area is 99.5 Å². The summed E-state index contributed by atoms with van der Waals surface area (Å²) in [5, 5.41) is 8.44. The van der Waals surface area contributed by atoms with E-state index in [1.807, 2.05) is 4.98 Å². The summed E-state index contributed by atoms with van der Waals surface area (Å²) in [6.45, 7) is 0.799. The molecule has 1 aromatic rings. The Morgan fingerprint density at radius 2 is 2.11 bits per heavy atom. The van der Waals surface area contributed by atoms with Crippen molar-refractivity contribution in [2.24, 2.45) is 5.92 Å². The molecule has 18 heavy (non-hydrogen) atoms. The van der Waals surface area contributed by atoms with E-state index in [9.17, 15) is 22.8 Å². The summed E-state index contributed by atoms with van der Waals surface area (Å²) >= 11 is 0. The highest BCUT2D eigenvalue weighted by Crippen LogP contribution is 2.26. The lowest BCUT2D eigenvalue weighted by atomic mass is 10.1. The summed E-state index contributed by atoms with van der Waals surface area (Å²) in [6.07, 6.45) is -3.38. The number of H-pyrrole nitrogens is 1. The van der Waals surface area contributed by atoms with Gasteiger partial charge in [0.25, 0.3) is 5.56 Å². The molecule has 0 amide bonds. The lowest BCUT2D eigenvalue weighted by Crippen LogP contribution is -2.36. The monoisotopic (exact) mass is 261 g/mol. The van der Waals surface area contributed by atoms with Gasteiger partial charge >= 0.3 is 11.9 Å². The molecule has 1 N–H and O–H groups in total. The number of nitriles is 1. The van der Waals surface area contributed by atoms with Gasteiger partial charge in [-0.3, -0.25) is 14.3 Å². The van der Waals surface area contributed by atoms with Crippen LogP contribution in [0.15, 0.2) is 15.8 Å². The molecule has 98 valence electrons. The van der Waals surface area contributed by atoms with Gasteiger partial charge in [0.05, 0.1) is 12.6 Å². The van der Waals surface area contributed by atoms with Crippen LogP contribution in [-0.2, 0) is 13.0 Å². The van der Waals surface area contributed by atoms with Crippen LogP contribution in [0.2, 0.25) is 0 Å². The molecule has 8 heteroatoms. The molecule has 0 radical (unpaired) electrons. The summed E-state index contributed by atoms with van der Waals surface area (Å²) in [4.78, 5) is 24.5. The lowest BCUT2D eigenvalue weighted by Gasteiger charge is -2.14. The molecule has 5 nitrogen and oxygen atoms in total. The van der Waals surface area contributed by atoms with E-state index in [0.29, 0.717) is 4.57 Å². The molecule has 0 aliphatic carbocycles. The third-order valence-electron chi connectivity index (χ3n) is 2.40. The first-order valence-corrected chi connectivity index (χ1v) is 5.08. The summed E-state index contributed by atoms with van der Waals surface area (Å²) in [7, 11) is 0. The van der Waals surface area contributed by atoms with Gasteiger partial charge in [-0.15, -0.1) is 0 Å². The molecular weight excluding hydrogens is 251 g/mol. The molecule has 0 aliphatic heterocycles. The number of aromatic nitrogens is 2. The zero-order valence-corrected chi connectivity index (χ0v) is 9.41. The van der Waals surface area contributed by atoms with Crippen LogP contribution in [0.4, 0.5) is 13.2 Å². The zero-order chi connectivity index (χ0) is 13.9. The van der Waals surface area contributed by atoms with Crippen molar-refractivity contribution in [3.63, 3.8) is 0 Å². The Morgan fingerprint density at radius 1 is 1.50 bits per heavy atom. The number of hydrogen-bond acceptors (Lipinski definition) is 3. The molecule has 0 bridgehead atoms. The van der Waals surface area contributed by atoms with Crippen LogP contribution in [-0.4, -0.2) is 15.7 Å². The normalized spacial score (nSPS) is 13.1. The largest absolute Gasteiger partial charge is 0.406 e. The van der Waals surface area contributed by atoms with E-state index in [0.717, 1.165) is 12.3 Å². The second-order valence-electron chi connectivity index (χ2n) is 3.64. The molecular formula is C10H10F3N3O2. The van der Waals surface area contributed by atoms with Gasteiger partial charge in [-0.05, 0) is 6.42 Å². The van der Waals surface area contributed by atoms with E-state index in [1.54, 1.807) is 6.92 Å². The van der Waals surface area contributed by atoms with Crippen molar-refractivity contribution in [1.82, 2.24) is 9.55 Å². The van der Waals surface area contributed by atoms with E-state index in [4.69, 9.17) is 5.26 Å². The number of hydrogen-bond donors (Lipinski definition) is 1. The Balaban J connectivity index is 3.16. The Bertz CT molecular complexity index is 580. The fourth-order valence-corrected chi connectivity index (χ4v) is 1.36. The van der Waals surface area contributed by atoms with Crippen LogP contribution in [0.25, 0.3) is 0 Å². The van der Waals surface area contributed by atoms with Gasteiger partial charge in [0.1, 0.15) is 0 Å². The van der Waals surface area contributed by atoms with Gasteiger partial charge in [-0.2, -0.15) is 18.4 Å². The summed E-state index contributed by atoms with van der Waals surface area (Å²) in [6, 6.07) is 1.09. The molecule has 0 saturated heterocycles. The Kier molecular flexibility index (Phi) is 3.96. The predicted octanol–water partition coefficient (Wildman–Crippen LogP) is 0.801. The molecule has 1 rings (SSSR count). The van der Waals surface area contributed by atoms with Crippen LogP contribution in [0.1, 0.15) is 12.5 Å². The van der Waals surface area contributed by atoms with Gasteiger partial charge in [0, 0.05) is 11.8 Å². The van der Waals surface area contributed by atoms with Gasteiger partial charge in [-0.25, -0.2) is 4.79 Å². The number of aryl methyl sites for hydroxylation is 1. The van der Waals surface area contributed by atoms with E-state index >= 15 is 0 Å². The molecule has 1 aromatic heterocycles. The van der Waals surface area contributed by atoms with Gasteiger partial charge in [0.15, 0.2) is 5.92 Å². The quantitative estimate of drug-likeness (QED) is 0.874. The Morgan fingerprint density at radius 3 is 2.56 bits per heavy atom. The lowest BCUT2D eigenvalue weighted by molar-refractivity contribution is -0.162. The number of aromatic amines is 1. The Hall–Kier alpha value is -2.04. The van der Waals surface area contributed by atoms with Crippen molar-refractivity contribution in [3.05, 3.63) is 32.6 Å². The van der Waals surface area contributed by atoms with E-state index in [1.165, 1.54) is 0 Å². The summed E-state index contributed by atoms with van der Waals surface area (Å²) < 4.78 is 37.9. The van der Waals surface area contributed by atoms with E-state index in [2.05, 4.69) is 0 Å². The van der Waals surface area contributed by atoms with Crippen molar-refractivity contribution in [2.45, 2.75) is 26.1 Å². The molecule has 1 heterocycles. The third-order valence-corrected chi connectivity index (χ3v) is 2.40. The van der Waals surface area contributed by atoms with Crippen LogP contribution >= 0.6 is 0 Å². The van der Waals surface area contributed by atoms with E-state index < -0.39 is 29.9 Å². The maximum absolute atomic E-state index is 12.4. The maximum Gasteiger partial charge on any atom is 0.406 e. The predicted molar refractivity (Wildman–Crippen MR) is 55.9 cm³/mol. The van der Waals surface area contributed by atoms with Gasteiger partial charge < -0.3 is 0 Å². The van der Waals surface area contributed by atoms with Crippen LogP contribution in [0.5, 0.6) is 0 Å². The summed E-state index contributed by atoms with van der Waals surface area (Å²) in [5.74, 6) is -2.29. The van der Waals surface area contributed by atoms with Crippen LogP contribution < -0.4 is 11.2 Å². The second kappa shape index (κ2) is 5.08. The SMILES string of the molecule is CCc1cn(CC(C#N)C(F)(F)F)c(=O)[nH]c1=O. The molecule has 0 fully saturated rings. The maximum atomic E-state index is 12.4. The minimum Gasteiger partial charge on any atom is -0.299 e. The average Bonchev–Trinajstić information content (AvgIpc) is 2.26. The zero-order valence-electron chi connectivity index (χ0n) is 9.41. The fourth-order valence-electron chi connectivity index (χ4n) is 1.36. The van der Waals surface area contributed by atoms with Gasteiger partial charge in [0.2, 0.25) is 0 Å². The third kappa shape index (κ3) is 3.00. The minimum atomic E-state index is -4.71. The van der Waals surface area contributed by atoms with Crippen molar-refractivity contribution in [1.29, 1.82) is 5.26 Å². The highest BCUT2D eigenvalue weighted by atomic mass is 19.4. The topological polar surface area (TPSA) is 78.7 Å². The van der Waals surface area contributed by atoms with E-state index in [-0.39, 0.29) is 12.0 Å². The highest BCUT2D eigenvalue weighted by Gasteiger charge is 2.40. The van der Waals surface area contributed by atoms with Gasteiger partial charge in [-0.1, -0.05) is 6.92 Å². The number of alkyl halides is 3. The first kappa shape index (κ1) is 14.0. The number of nitrogens with one attached hydrogen (secondary N) is 1. The molecule has 0 aliphatic rings. The molecule has 0 saturated carbocycles. The first-order chi connectivity index (χ1) is 8.29. The first-order valence-electron chi connectivity index (χ1n) is 5.08. The standard InChI is InChI=1S/C10H10F3N3O2/c1-2-6-4-16(9(18)15-8(6)17)5-7(3-14)10(11,12)13/h4,7H,2,5H2,1H3,(H,15,17,18). The number of rotatable bonds is 3. The van der Waals surface area contributed by atoms with Crippen LogP contribution in [0.3, 0.4) is 0 Å². The van der Waals surface area contributed by atoms with Crippen molar-refractivity contribution < 1.29 is 13.2 Å². The second-order valence-corrected chi connectivity index (χ2v) is 3.64. The fraction of sp³-hybridized carbons (Fsp3) is 0.500. The molecule has 1 unspecified atom stereocenters. The number of halogens is 3. The molecule has 0 spiro atoms. The minimum absolute atomic E-state index is 0.188. The highest BCUT2D eigenvalue weighted by molar-refractivity contribution is 5.04. The van der Waals surface area contributed by atoms with Crippen molar-refractivity contribution in [2.75, 3.05) is 0 Å². The van der Waals surface area contributed by atoms with Crippen molar-refractivity contribution >= 4 is 0 Å². The number of nitrogens with zero attached hydrogens (tertiary/aromatic N) is 2. The molecule has 0 aromatic carbocycles. The smallest absolute Gasteiger partial charge is 0.299 e. The van der Waals surface area contributed by atoms with Crippen molar-refractivity contribution in [3.8, 4) is 6.07 Å². The van der Waals surface area contributed by atoms with Crippen LogP contribution in [0, 0.1) is 17.2 Å². The molecule has 1 atom stereocenters.